The molecule has 102 valence electrons. The molecule has 3 rings (SSSR count). The van der Waals surface area contributed by atoms with Gasteiger partial charge >= 0.3 is 0 Å². The SMILES string of the molecule is CC(C)[Si]1(C(C)C)OCc2cn(C)c3cccc1c23. The third-order valence-corrected chi connectivity index (χ3v) is 10.0. The van der Waals surface area contributed by atoms with E-state index in [1.165, 1.54) is 21.7 Å². The summed E-state index contributed by atoms with van der Waals surface area (Å²) in [6.45, 7) is 10.1. The Morgan fingerprint density at radius 3 is 2.47 bits per heavy atom. The Hall–Kier alpha value is -1.06. The molecule has 2 heterocycles. The molecule has 1 aliphatic rings. The van der Waals surface area contributed by atoms with Crippen molar-refractivity contribution in [2.75, 3.05) is 0 Å². The molecule has 1 aliphatic heterocycles. The predicted octanol–water partition coefficient (Wildman–Crippen LogP) is 3.68. The minimum atomic E-state index is -1.89. The molecule has 0 saturated carbocycles. The number of benzene rings is 1. The molecule has 2 nitrogen and oxygen atoms in total. The fourth-order valence-corrected chi connectivity index (χ4v) is 8.70. The molecule has 0 spiro atoms. The van der Waals surface area contributed by atoms with Crippen LogP contribution in [0.2, 0.25) is 11.1 Å². The highest BCUT2D eigenvalue weighted by Crippen LogP contribution is 2.39. The first-order valence-corrected chi connectivity index (χ1v) is 9.26. The molecule has 0 amide bonds. The lowest BCUT2D eigenvalue weighted by Gasteiger charge is -2.42. The van der Waals surface area contributed by atoms with Gasteiger partial charge in [0.1, 0.15) is 0 Å². The van der Waals surface area contributed by atoms with Crippen LogP contribution in [0.3, 0.4) is 0 Å². The van der Waals surface area contributed by atoms with E-state index in [0.717, 1.165) is 6.61 Å². The second-order valence-corrected chi connectivity index (χ2v) is 11.1. The van der Waals surface area contributed by atoms with E-state index in [1.54, 1.807) is 0 Å². The van der Waals surface area contributed by atoms with E-state index < -0.39 is 8.32 Å². The van der Waals surface area contributed by atoms with Gasteiger partial charge in [-0.3, -0.25) is 0 Å². The first kappa shape index (κ1) is 12.9. The summed E-state index contributed by atoms with van der Waals surface area (Å²) >= 11 is 0. The maximum Gasteiger partial charge on any atom is 0.230 e. The smallest absolute Gasteiger partial charge is 0.230 e. The van der Waals surface area contributed by atoms with Crippen molar-refractivity contribution in [1.29, 1.82) is 0 Å². The number of hydrogen-bond donors (Lipinski definition) is 0. The van der Waals surface area contributed by atoms with Crippen molar-refractivity contribution in [1.82, 2.24) is 4.57 Å². The van der Waals surface area contributed by atoms with Crippen LogP contribution >= 0.6 is 0 Å². The molecule has 0 unspecified atom stereocenters. The Morgan fingerprint density at radius 2 is 1.84 bits per heavy atom. The summed E-state index contributed by atoms with van der Waals surface area (Å²) in [5.41, 5.74) is 3.92. The number of hydrogen-bond acceptors (Lipinski definition) is 1. The van der Waals surface area contributed by atoms with E-state index in [1.807, 2.05) is 0 Å². The van der Waals surface area contributed by atoms with Crippen LogP contribution in [0.1, 0.15) is 33.3 Å². The molecule has 3 heteroatoms. The van der Waals surface area contributed by atoms with Gasteiger partial charge in [-0.05, 0) is 22.3 Å². The van der Waals surface area contributed by atoms with Gasteiger partial charge in [0, 0.05) is 29.7 Å². The van der Waals surface area contributed by atoms with Gasteiger partial charge in [-0.15, -0.1) is 0 Å². The first-order valence-electron chi connectivity index (χ1n) is 7.19. The van der Waals surface area contributed by atoms with Gasteiger partial charge < -0.3 is 8.99 Å². The minimum Gasteiger partial charge on any atom is -0.407 e. The predicted molar refractivity (Wildman–Crippen MR) is 83.3 cm³/mol. The average molecular weight is 273 g/mol. The topological polar surface area (TPSA) is 14.2 Å². The van der Waals surface area contributed by atoms with E-state index >= 15 is 0 Å². The van der Waals surface area contributed by atoms with Crippen molar-refractivity contribution in [2.45, 2.75) is 45.4 Å². The molecule has 19 heavy (non-hydrogen) atoms. The van der Waals surface area contributed by atoms with Crippen LogP contribution in [0.4, 0.5) is 0 Å². The minimum absolute atomic E-state index is 0.603. The van der Waals surface area contributed by atoms with Crippen LogP contribution < -0.4 is 5.19 Å². The number of aryl methyl sites for hydroxylation is 1. The van der Waals surface area contributed by atoms with Crippen molar-refractivity contribution in [3.8, 4) is 0 Å². The van der Waals surface area contributed by atoms with Crippen molar-refractivity contribution in [3.63, 3.8) is 0 Å². The maximum absolute atomic E-state index is 6.54. The van der Waals surface area contributed by atoms with Crippen LogP contribution in [0.5, 0.6) is 0 Å². The van der Waals surface area contributed by atoms with E-state index in [2.05, 4.69) is 63.7 Å². The van der Waals surface area contributed by atoms with Gasteiger partial charge in [0.2, 0.25) is 8.32 Å². The van der Waals surface area contributed by atoms with Crippen molar-refractivity contribution in [3.05, 3.63) is 30.0 Å². The Bertz CT molecular complexity index is 619. The van der Waals surface area contributed by atoms with Gasteiger partial charge in [-0.1, -0.05) is 39.8 Å². The van der Waals surface area contributed by atoms with Gasteiger partial charge in [0.25, 0.3) is 0 Å². The van der Waals surface area contributed by atoms with Crippen LogP contribution in [0, 0.1) is 0 Å². The zero-order valence-electron chi connectivity index (χ0n) is 12.5. The van der Waals surface area contributed by atoms with Gasteiger partial charge in [0.15, 0.2) is 0 Å². The summed E-state index contributed by atoms with van der Waals surface area (Å²) in [5, 5.41) is 2.99. The number of rotatable bonds is 2. The molecule has 0 atom stereocenters. The second-order valence-electron chi connectivity index (χ2n) is 6.36. The molecule has 0 aliphatic carbocycles. The second kappa shape index (κ2) is 4.22. The number of nitrogens with zero attached hydrogens (tertiary/aromatic N) is 1. The van der Waals surface area contributed by atoms with E-state index in [4.69, 9.17) is 4.43 Å². The lowest BCUT2D eigenvalue weighted by molar-refractivity contribution is 0.281. The maximum atomic E-state index is 6.54. The fourth-order valence-electron chi connectivity index (χ4n) is 3.87. The normalized spacial score (nSPS) is 17.6. The van der Waals surface area contributed by atoms with E-state index in [9.17, 15) is 0 Å². The van der Waals surface area contributed by atoms with Crippen LogP contribution in [-0.2, 0) is 18.1 Å². The Morgan fingerprint density at radius 1 is 1.16 bits per heavy atom. The van der Waals surface area contributed by atoms with Crippen molar-refractivity contribution in [2.24, 2.45) is 7.05 Å². The molecule has 0 bridgehead atoms. The summed E-state index contributed by atoms with van der Waals surface area (Å²) in [7, 11) is 0.246. The highest BCUT2D eigenvalue weighted by molar-refractivity contribution is 6.90. The zero-order chi connectivity index (χ0) is 13.8. The first-order chi connectivity index (χ1) is 8.98. The fraction of sp³-hybridized carbons (Fsp3) is 0.500. The van der Waals surface area contributed by atoms with Crippen LogP contribution in [-0.4, -0.2) is 12.9 Å². The standard InChI is InChI=1S/C16H23NOSi/c1-11(2)19(12(3)4)15-8-6-7-14-16(15)13(10-18-19)9-17(14)5/h6-9,11-12H,10H2,1-5H3. The lowest BCUT2D eigenvalue weighted by atomic mass is 10.2. The molecule has 1 aromatic carbocycles. The lowest BCUT2D eigenvalue weighted by Crippen LogP contribution is -2.57. The zero-order valence-corrected chi connectivity index (χ0v) is 13.5. The average Bonchev–Trinajstić information content (AvgIpc) is 2.68. The molecule has 0 saturated heterocycles. The monoisotopic (exact) mass is 273 g/mol. The molecule has 1 aromatic heterocycles. The highest BCUT2D eigenvalue weighted by atomic mass is 28.4. The summed E-state index contributed by atoms with van der Waals surface area (Å²) in [5.74, 6) is 0. The molecule has 0 N–H and O–H groups in total. The molecule has 0 radical (unpaired) electrons. The molecular formula is C16H23NOSi. The number of aromatic nitrogens is 1. The van der Waals surface area contributed by atoms with E-state index in [-0.39, 0.29) is 0 Å². The highest BCUT2D eigenvalue weighted by Gasteiger charge is 2.47. The summed E-state index contributed by atoms with van der Waals surface area (Å²) in [6.07, 6.45) is 2.23. The molecule has 2 aromatic rings. The van der Waals surface area contributed by atoms with Gasteiger partial charge in [0.05, 0.1) is 6.61 Å². The van der Waals surface area contributed by atoms with Gasteiger partial charge in [-0.25, -0.2) is 0 Å². The molecule has 0 fully saturated rings. The van der Waals surface area contributed by atoms with Crippen molar-refractivity contribution < 1.29 is 4.43 Å². The van der Waals surface area contributed by atoms with Crippen molar-refractivity contribution >= 4 is 24.4 Å². The summed E-state index contributed by atoms with van der Waals surface area (Å²) in [4.78, 5) is 0. The van der Waals surface area contributed by atoms with Gasteiger partial charge in [-0.2, -0.15) is 0 Å². The quantitative estimate of drug-likeness (QED) is 0.761. The Kier molecular flexibility index (Phi) is 2.87. The van der Waals surface area contributed by atoms with Crippen LogP contribution in [0.25, 0.3) is 10.9 Å². The summed E-state index contributed by atoms with van der Waals surface area (Å²) < 4.78 is 8.78. The third-order valence-electron chi connectivity index (χ3n) is 4.70. The largest absolute Gasteiger partial charge is 0.407 e. The third kappa shape index (κ3) is 1.58. The van der Waals surface area contributed by atoms with Crippen LogP contribution in [0.15, 0.2) is 24.4 Å². The Balaban J connectivity index is 2.37. The summed E-state index contributed by atoms with van der Waals surface area (Å²) in [6, 6.07) is 6.74. The van der Waals surface area contributed by atoms with E-state index in [0.29, 0.717) is 11.1 Å². The Labute approximate surface area is 116 Å². The molecular weight excluding hydrogens is 250 g/mol.